The first kappa shape index (κ1) is 26.3. The molecule has 1 saturated heterocycles. The molecule has 196 valence electrons. The van der Waals surface area contributed by atoms with Gasteiger partial charge in [0.2, 0.25) is 0 Å². The molecule has 1 aliphatic heterocycles. The maximum Gasteiger partial charge on any atom is 0.300 e. The van der Waals surface area contributed by atoms with Crippen molar-refractivity contribution in [2.24, 2.45) is 0 Å². The van der Waals surface area contributed by atoms with Crippen LogP contribution in [0.3, 0.4) is 0 Å². The van der Waals surface area contributed by atoms with Crippen molar-refractivity contribution in [3.05, 3.63) is 124 Å². The summed E-state index contributed by atoms with van der Waals surface area (Å²) in [5.74, 6) is -1.79. The molecule has 1 fully saturated rings. The number of halogens is 3. The van der Waals surface area contributed by atoms with E-state index < -0.39 is 29.3 Å². The molecule has 6 nitrogen and oxygen atoms in total. The number of carbonyl (C=O) groups is 2. The van der Waals surface area contributed by atoms with Crippen LogP contribution < -0.4 is 14.4 Å². The Kier molecular flexibility index (Phi) is 7.28. The minimum Gasteiger partial charge on any atom is -0.507 e. The number of aliphatic hydroxyl groups is 1. The number of benzene rings is 4. The molecular weight excluding hydrogens is 544 g/mol. The standard InChI is InChI=1S/C30H20Cl2FNO5/c1-38-29-23(31)14-18(15-24(29)32)27(35)25-26(34(30(37)28(25)36)20-9-6-8-19(33)16-20)17-7-5-12-22(13-17)39-21-10-3-2-4-11-21/h2-16,26,35H,1H3/b27-25+. The minimum absolute atomic E-state index is 0.0979. The Labute approximate surface area is 233 Å². The summed E-state index contributed by atoms with van der Waals surface area (Å²) in [5, 5.41) is 11.6. The molecule has 1 atom stereocenters. The van der Waals surface area contributed by atoms with Crippen LogP contribution in [-0.2, 0) is 9.59 Å². The predicted octanol–water partition coefficient (Wildman–Crippen LogP) is 7.56. The van der Waals surface area contributed by atoms with E-state index in [2.05, 4.69) is 0 Å². The fourth-order valence-electron chi connectivity index (χ4n) is 4.46. The van der Waals surface area contributed by atoms with Crippen LogP contribution >= 0.6 is 23.2 Å². The lowest BCUT2D eigenvalue weighted by Crippen LogP contribution is -2.29. The van der Waals surface area contributed by atoms with Gasteiger partial charge in [0.15, 0.2) is 5.75 Å². The molecule has 9 heteroatoms. The lowest BCUT2D eigenvalue weighted by molar-refractivity contribution is -0.132. The number of amides is 1. The number of anilines is 1. The van der Waals surface area contributed by atoms with Gasteiger partial charge in [-0.2, -0.15) is 0 Å². The Hall–Kier alpha value is -4.33. The zero-order chi connectivity index (χ0) is 27.7. The molecule has 0 saturated carbocycles. The van der Waals surface area contributed by atoms with Gasteiger partial charge in [-0.15, -0.1) is 0 Å². The van der Waals surface area contributed by atoms with E-state index in [0.29, 0.717) is 17.1 Å². The van der Waals surface area contributed by atoms with E-state index in [1.165, 1.54) is 37.4 Å². The van der Waals surface area contributed by atoms with Gasteiger partial charge in [0.25, 0.3) is 11.7 Å². The van der Waals surface area contributed by atoms with Crippen LogP contribution in [0.25, 0.3) is 5.76 Å². The Balaban J connectivity index is 1.69. The maximum atomic E-state index is 14.2. The number of hydrogen-bond donors (Lipinski definition) is 1. The zero-order valence-corrected chi connectivity index (χ0v) is 21.9. The predicted molar refractivity (Wildman–Crippen MR) is 147 cm³/mol. The first-order valence-corrected chi connectivity index (χ1v) is 12.5. The van der Waals surface area contributed by atoms with Gasteiger partial charge in [0.05, 0.1) is 28.8 Å². The number of nitrogens with zero attached hydrogens (tertiary/aromatic N) is 1. The summed E-state index contributed by atoms with van der Waals surface area (Å²) in [7, 11) is 1.39. The summed E-state index contributed by atoms with van der Waals surface area (Å²) < 4.78 is 25.3. The number of ketones is 1. The number of rotatable bonds is 6. The Bertz CT molecular complexity index is 1600. The second-order valence-electron chi connectivity index (χ2n) is 8.61. The lowest BCUT2D eigenvalue weighted by Gasteiger charge is -2.26. The lowest BCUT2D eigenvalue weighted by atomic mass is 9.95. The highest BCUT2D eigenvalue weighted by Gasteiger charge is 2.47. The van der Waals surface area contributed by atoms with Gasteiger partial charge in [-0.05, 0) is 60.2 Å². The van der Waals surface area contributed by atoms with E-state index in [0.717, 1.165) is 11.0 Å². The van der Waals surface area contributed by atoms with Gasteiger partial charge in [-0.1, -0.05) is 59.6 Å². The van der Waals surface area contributed by atoms with Crippen LogP contribution in [0, 0.1) is 5.82 Å². The van der Waals surface area contributed by atoms with Gasteiger partial charge >= 0.3 is 0 Å². The molecule has 1 amide bonds. The number of para-hydroxylation sites is 1. The van der Waals surface area contributed by atoms with E-state index in [1.54, 1.807) is 36.4 Å². The summed E-state index contributed by atoms with van der Waals surface area (Å²) in [6, 6.07) is 22.7. The van der Waals surface area contributed by atoms with E-state index in [1.807, 2.05) is 18.2 Å². The van der Waals surface area contributed by atoms with Crippen molar-refractivity contribution < 1.29 is 28.6 Å². The number of ether oxygens (including phenoxy) is 2. The van der Waals surface area contributed by atoms with E-state index >= 15 is 0 Å². The van der Waals surface area contributed by atoms with Crippen molar-refractivity contribution in [1.82, 2.24) is 0 Å². The summed E-state index contributed by atoms with van der Waals surface area (Å²) in [4.78, 5) is 27.9. The second-order valence-corrected chi connectivity index (χ2v) is 9.42. The summed E-state index contributed by atoms with van der Waals surface area (Å²) in [5.41, 5.74) is 0.462. The van der Waals surface area contributed by atoms with Crippen molar-refractivity contribution in [2.75, 3.05) is 12.0 Å². The van der Waals surface area contributed by atoms with Crippen molar-refractivity contribution in [3.63, 3.8) is 0 Å². The van der Waals surface area contributed by atoms with Crippen molar-refractivity contribution in [3.8, 4) is 17.2 Å². The fraction of sp³-hybridized carbons (Fsp3) is 0.0667. The van der Waals surface area contributed by atoms with Crippen LogP contribution in [-0.4, -0.2) is 23.9 Å². The molecular formula is C30H20Cl2FNO5. The highest BCUT2D eigenvalue weighted by atomic mass is 35.5. The Morgan fingerprint density at radius 3 is 2.21 bits per heavy atom. The molecule has 1 N–H and O–H groups in total. The number of hydrogen-bond acceptors (Lipinski definition) is 5. The zero-order valence-electron chi connectivity index (χ0n) is 20.4. The number of aliphatic hydroxyl groups excluding tert-OH is 1. The second kappa shape index (κ2) is 10.8. The normalized spacial score (nSPS) is 16.4. The molecule has 0 aromatic heterocycles. The topological polar surface area (TPSA) is 76.1 Å². The van der Waals surface area contributed by atoms with Crippen molar-refractivity contribution in [2.45, 2.75) is 6.04 Å². The van der Waals surface area contributed by atoms with Gasteiger partial charge in [-0.25, -0.2) is 4.39 Å². The molecule has 0 radical (unpaired) electrons. The molecule has 0 spiro atoms. The molecule has 1 aliphatic rings. The van der Waals surface area contributed by atoms with Crippen LogP contribution in [0.1, 0.15) is 17.2 Å². The summed E-state index contributed by atoms with van der Waals surface area (Å²) in [6.45, 7) is 0. The summed E-state index contributed by atoms with van der Waals surface area (Å²) in [6.07, 6.45) is 0. The molecule has 4 aromatic carbocycles. The number of carbonyl (C=O) groups excluding carboxylic acids is 2. The fourth-order valence-corrected chi connectivity index (χ4v) is 5.10. The third-order valence-corrected chi connectivity index (χ3v) is 6.72. The SMILES string of the molecule is COc1c(Cl)cc(/C(O)=C2\C(=O)C(=O)N(c3cccc(F)c3)C2c2cccc(Oc3ccccc3)c2)cc1Cl. The Morgan fingerprint density at radius 2 is 1.54 bits per heavy atom. The molecule has 1 unspecified atom stereocenters. The average molecular weight is 564 g/mol. The average Bonchev–Trinajstić information content (AvgIpc) is 3.19. The van der Waals surface area contributed by atoms with Crippen LogP contribution in [0.2, 0.25) is 10.0 Å². The van der Waals surface area contributed by atoms with Gasteiger partial charge in [0, 0.05) is 11.3 Å². The first-order valence-electron chi connectivity index (χ1n) is 11.7. The number of Topliss-reactive ketones (excluding diaryl/α,β-unsaturated/α-hetero) is 1. The smallest absolute Gasteiger partial charge is 0.300 e. The van der Waals surface area contributed by atoms with E-state index in [4.69, 9.17) is 32.7 Å². The van der Waals surface area contributed by atoms with Gasteiger partial charge < -0.3 is 14.6 Å². The van der Waals surface area contributed by atoms with Crippen LogP contribution in [0.15, 0.2) is 96.6 Å². The molecule has 5 rings (SSSR count). The third kappa shape index (κ3) is 5.06. The van der Waals surface area contributed by atoms with Crippen molar-refractivity contribution in [1.29, 1.82) is 0 Å². The monoisotopic (exact) mass is 563 g/mol. The molecule has 4 aromatic rings. The first-order chi connectivity index (χ1) is 18.8. The molecule has 1 heterocycles. The molecule has 0 bridgehead atoms. The van der Waals surface area contributed by atoms with E-state index in [9.17, 15) is 19.1 Å². The highest BCUT2D eigenvalue weighted by molar-refractivity contribution is 6.51. The minimum atomic E-state index is -1.12. The van der Waals surface area contributed by atoms with Crippen LogP contribution in [0.5, 0.6) is 17.2 Å². The molecule has 0 aliphatic carbocycles. The summed E-state index contributed by atoms with van der Waals surface area (Å²) >= 11 is 12.6. The van der Waals surface area contributed by atoms with Gasteiger partial charge in [0.1, 0.15) is 23.1 Å². The Morgan fingerprint density at radius 1 is 0.872 bits per heavy atom. The van der Waals surface area contributed by atoms with Crippen molar-refractivity contribution >= 4 is 46.3 Å². The van der Waals surface area contributed by atoms with Crippen LogP contribution in [0.4, 0.5) is 10.1 Å². The third-order valence-electron chi connectivity index (χ3n) is 6.16. The maximum absolute atomic E-state index is 14.2. The van der Waals surface area contributed by atoms with E-state index in [-0.39, 0.29) is 32.6 Å². The highest BCUT2D eigenvalue weighted by Crippen LogP contribution is 2.44. The van der Waals surface area contributed by atoms with Gasteiger partial charge in [-0.3, -0.25) is 14.5 Å². The largest absolute Gasteiger partial charge is 0.507 e. The number of methoxy groups -OCH3 is 1. The quantitative estimate of drug-likeness (QED) is 0.149. The molecule has 39 heavy (non-hydrogen) atoms.